The summed E-state index contributed by atoms with van der Waals surface area (Å²) >= 11 is 0. The number of nitrogens with one attached hydrogen (secondary N) is 1. The number of hydrogen-bond acceptors (Lipinski definition) is 7. The van der Waals surface area contributed by atoms with Gasteiger partial charge < -0.3 is 29.3 Å². The van der Waals surface area contributed by atoms with E-state index in [2.05, 4.69) is 10.3 Å². The number of benzene rings is 1. The van der Waals surface area contributed by atoms with E-state index in [9.17, 15) is 14.4 Å². The summed E-state index contributed by atoms with van der Waals surface area (Å²) in [4.78, 5) is 46.2. The van der Waals surface area contributed by atoms with Crippen molar-refractivity contribution >= 4 is 23.4 Å². The number of nitrogens with zero attached hydrogens (tertiary/aromatic N) is 3. The lowest BCUT2D eigenvalue weighted by Crippen LogP contribution is -2.48. The summed E-state index contributed by atoms with van der Waals surface area (Å²) in [5.41, 5.74) is 1.29. The van der Waals surface area contributed by atoms with Gasteiger partial charge in [-0.3, -0.25) is 19.4 Å². The number of rotatable bonds is 5. The van der Waals surface area contributed by atoms with Gasteiger partial charge in [-0.15, -0.1) is 0 Å². The Morgan fingerprint density at radius 2 is 1.86 bits per heavy atom. The summed E-state index contributed by atoms with van der Waals surface area (Å²) in [5.74, 6) is -0.438. The fraction of sp³-hybridized carbons (Fsp3) is 0.462. The van der Waals surface area contributed by atoms with Crippen LogP contribution in [0, 0.1) is 5.92 Å². The van der Waals surface area contributed by atoms with Crippen LogP contribution in [0.15, 0.2) is 42.7 Å². The number of ether oxygens (including phenoxy) is 3. The van der Waals surface area contributed by atoms with Crippen molar-refractivity contribution in [3.05, 3.63) is 53.9 Å². The van der Waals surface area contributed by atoms with E-state index >= 15 is 0 Å². The third kappa shape index (κ3) is 6.58. The monoisotopic (exact) mass is 498 g/mol. The minimum atomic E-state index is -0.334. The molecule has 2 heterocycles. The van der Waals surface area contributed by atoms with Crippen LogP contribution in [0.3, 0.4) is 0 Å². The zero-order valence-corrected chi connectivity index (χ0v) is 21.4. The Labute approximate surface area is 211 Å². The first-order valence-electron chi connectivity index (χ1n) is 11.8. The van der Waals surface area contributed by atoms with Crippen molar-refractivity contribution in [3.63, 3.8) is 0 Å². The average Bonchev–Trinajstić information content (AvgIpc) is 2.88. The molecule has 0 radical (unpaired) electrons. The van der Waals surface area contributed by atoms with Crippen LogP contribution in [0.1, 0.15) is 34.6 Å². The number of carbonyl (C=O) groups excluding carboxylic acids is 3. The van der Waals surface area contributed by atoms with E-state index in [1.165, 1.54) is 7.11 Å². The normalized spacial score (nSPS) is 21.0. The fourth-order valence-electron chi connectivity index (χ4n) is 4.13. The second-order valence-corrected chi connectivity index (χ2v) is 8.98. The molecule has 10 heteroatoms. The molecule has 0 saturated heterocycles. The van der Waals surface area contributed by atoms with E-state index < -0.39 is 0 Å². The smallest absolute Gasteiger partial charge is 0.257 e. The molecule has 1 N–H and O–H groups in total. The van der Waals surface area contributed by atoms with Gasteiger partial charge in [-0.05, 0) is 37.3 Å². The van der Waals surface area contributed by atoms with Gasteiger partial charge in [0.2, 0.25) is 5.91 Å². The van der Waals surface area contributed by atoms with Crippen LogP contribution in [0.25, 0.3) is 0 Å². The molecule has 0 spiro atoms. The van der Waals surface area contributed by atoms with E-state index in [-0.39, 0.29) is 49.0 Å². The number of carbonyl (C=O) groups is 3. The number of methoxy groups -OCH3 is 2. The van der Waals surface area contributed by atoms with E-state index in [0.717, 1.165) is 0 Å². The van der Waals surface area contributed by atoms with Gasteiger partial charge in [-0.1, -0.05) is 6.92 Å². The minimum absolute atomic E-state index is 0.0722. The lowest BCUT2D eigenvalue weighted by molar-refractivity contribution is -0.119. The molecule has 3 rings (SSSR count). The summed E-state index contributed by atoms with van der Waals surface area (Å²) < 4.78 is 16.7. The van der Waals surface area contributed by atoms with Gasteiger partial charge >= 0.3 is 0 Å². The first-order chi connectivity index (χ1) is 17.2. The van der Waals surface area contributed by atoms with Gasteiger partial charge in [0.05, 0.1) is 17.7 Å². The molecule has 194 valence electrons. The highest BCUT2D eigenvalue weighted by atomic mass is 16.5. The van der Waals surface area contributed by atoms with Gasteiger partial charge in [0.15, 0.2) is 0 Å². The summed E-state index contributed by atoms with van der Waals surface area (Å²) in [7, 11) is 4.72. The number of hydrogen-bond donors (Lipinski definition) is 1. The Balaban J connectivity index is 1.96. The van der Waals surface area contributed by atoms with Crippen molar-refractivity contribution in [1.82, 2.24) is 14.8 Å². The van der Waals surface area contributed by atoms with Gasteiger partial charge in [0.25, 0.3) is 11.8 Å². The van der Waals surface area contributed by atoms with E-state index in [1.54, 1.807) is 66.7 Å². The van der Waals surface area contributed by atoms with Crippen LogP contribution < -0.4 is 10.1 Å². The second kappa shape index (κ2) is 12.5. The third-order valence-corrected chi connectivity index (χ3v) is 6.19. The zero-order valence-electron chi connectivity index (χ0n) is 21.4. The molecule has 36 heavy (non-hydrogen) atoms. The fourth-order valence-corrected chi connectivity index (χ4v) is 4.13. The molecule has 0 unspecified atom stereocenters. The minimum Gasteiger partial charge on any atom is -0.491 e. The summed E-state index contributed by atoms with van der Waals surface area (Å²) in [6.07, 6.45) is 2.87. The summed E-state index contributed by atoms with van der Waals surface area (Å²) in [6.45, 7) is 4.70. The Bertz CT molecular complexity index is 1060. The molecule has 3 atom stereocenters. The lowest BCUT2D eigenvalue weighted by Gasteiger charge is -2.36. The highest BCUT2D eigenvalue weighted by molar-refractivity contribution is 5.99. The molecule has 1 aliphatic rings. The maximum Gasteiger partial charge on any atom is 0.257 e. The largest absolute Gasteiger partial charge is 0.491 e. The first kappa shape index (κ1) is 27.1. The number of aromatic nitrogens is 1. The summed E-state index contributed by atoms with van der Waals surface area (Å²) in [6, 6.07) is 7.97. The maximum absolute atomic E-state index is 13.4. The molecule has 1 aromatic carbocycles. The van der Waals surface area contributed by atoms with Gasteiger partial charge in [0.1, 0.15) is 19.0 Å². The average molecular weight is 499 g/mol. The quantitative estimate of drug-likeness (QED) is 0.674. The molecule has 0 saturated carbocycles. The number of likely N-dealkylation sites (N-methyl/N-ethyl adjacent to an activating group) is 1. The van der Waals surface area contributed by atoms with Gasteiger partial charge in [-0.25, -0.2) is 0 Å². The zero-order chi connectivity index (χ0) is 26.2. The Morgan fingerprint density at radius 1 is 1.14 bits per heavy atom. The van der Waals surface area contributed by atoms with Crippen molar-refractivity contribution < 1.29 is 28.6 Å². The highest BCUT2D eigenvalue weighted by Crippen LogP contribution is 2.27. The number of pyridine rings is 1. The topological polar surface area (TPSA) is 110 Å². The van der Waals surface area contributed by atoms with Crippen molar-refractivity contribution in [2.45, 2.75) is 26.0 Å². The molecule has 3 amide bonds. The molecular formula is C26H34N4O6. The second-order valence-electron chi connectivity index (χ2n) is 8.98. The van der Waals surface area contributed by atoms with Crippen molar-refractivity contribution in [3.8, 4) is 5.75 Å². The highest BCUT2D eigenvalue weighted by Gasteiger charge is 2.31. The molecular weight excluding hydrogens is 464 g/mol. The number of anilines is 1. The number of fused-ring (bicyclic) bond motifs is 1. The SMILES string of the molecule is COCC(=O)Nc1ccc2c(c1)C(=O)N(C)C[C@H](OC)[C@H](C)CN(C(=O)c1ccncc1)[C@@H](C)CO2. The van der Waals surface area contributed by atoms with Gasteiger partial charge in [-0.2, -0.15) is 0 Å². The molecule has 1 aliphatic heterocycles. The third-order valence-electron chi connectivity index (χ3n) is 6.19. The van der Waals surface area contributed by atoms with E-state index in [4.69, 9.17) is 14.2 Å². The molecule has 2 aromatic rings. The predicted molar refractivity (Wildman–Crippen MR) is 134 cm³/mol. The summed E-state index contributed by atoms with van der Waals surface area (Å²) in [5, 5.41) is 2.72. The van der Waals surface area contributed by atoms with Crippen LogP contribution in [0.4, 0.5) is 5.69 Å². The predicted octanol–water partition coefficient (Wildman–Crippen LogP) is 2.31. The maximum atomic E-state index is 13.4. The van der Waals surface area contributed by atoms with E-state index in [1.807, 2.05) is 13.8 Å². The van der Waals surface area contributed by atoms with Crippen LogP contribution in [0.2, 0.25) is 0 Å². The van der Waals surface area contributed by atoms with E-state index in [0.29, 0.717) is 35.7 Å². The molecule has 0 bridgehead atoms. The molecule has 0 aliphatic carbocycles. The standard InChI is InChI=1S/C26H34N4O6/c1-17-13-30(25(32)19-8-10-27-11-9-19)18(2)15-36-22-7-6-20(28-24(31)16-34-4)12-21(22)26(33)29(3)14-23(17)35-5/h6-12,17-18,23H,13-16H2,1-5H3,(H,28,31)/t17-,18+,23+/m1/s1. The van der Waals surface area contributed by atoms with Crippen LogP contribution in [-0.4, -0.2) is 92.2 Å². The van der Waals surface area contributed by atoms with Crippen LogP contribution >= 0.6 is 0 Å². The van der Waals surface area contributed by atoms with Crippen molar-refractivity contribution in [2.75, 3.05) is 52.9 Å². The van der Waals surface area contributed by atoms with Crippen molar-refractivity contribution in [1.29, 1.82) is 0 Å². The Kier molecular flexibility index (Phi) is 9.38. The molecule has 0 fully saturated rings. The molecule has 1 aromatic heterocycles. The lowest BCUT2D eigenvalue weighted by atomic mass is 10.0. The number of amides is 3. The first-order valence-corrected chi connectivity index (χ1v) is 11.8. The van der Waals surface area contributed by atoms with Gasteiger partial charge in [0, 0.05) is 63.9 Å². The molecule has 10 nitrogen and oxygen atoms in total. The Hall–Kier alpha value is -3.50. The Morgan fingerprint density at radius 3 is 2.53 bits per heavy atom. The van der Waals surface area contributed by atoms with Crippen molar-refractivity contribution in [2.24, 2.45) is 5.92 Å². The van der Waals surface area contributed by atoms with Crippen LogP contribution in [-0.2, 0) is 14.3 Å². The van der Waals surface area contributed by atoms with Crippen LogP contribution in [0.5, 0.6) is 5.75 Å².